The van der Waals surface area contributed by atoms with Crippen molar-refractivity contribution in [1.29, 1.82) is 0 Å². The Hall–Kier alpha value is -7.87. The molecule has 0 saturated carbocycles. The number of carbonyl (C=O) groups is 5. The summed E-state index contributed by atoms with van der Waals surface area (Å²) in [5, 5.41) is 34.3. The van der Waals surface area contributed by atoms with Crippen molar-refractivity contribution in [1.82, 2.24) is 44.6 Å². The van der Waals surface area contributed by atoms with Crippen LogP contribution >= 0.6 is 0 Å². The largest absolute Gasteiger partial charge is 0.480 e. The number of amides is 2. The minimum absolute atomic E-state index is 0.00172. The molecule has 322 valence electrons. The number of hydrogen-bond donors (Lipinski definition) is 5. The molecule has 0 atom stereocenters. The van der Waals surface area contributed by atoms with Gasteiger partial charge in [0.15, 0.2) is 0 Å². The van der Waals surface area contributed by atoms with E-state index >= 15 is 0 Å². The first kappa shape index (κ1) is 44.7. The molecule has 0 bridgehead atoms. The summed E-state index contributed by atoms with van der Waals surface area (Å²) in [6.45, 7) is -2.33. The maximum atomic E-state index is 13.2. The van der Waals surface area contributed by atoms with E-state index < -0.39 is 49.4 Å². The molecule has 0 aliphatic rings. The lowest BCUT2D eigenvalue weighted by Gasteiger charge is -2.28. The van der Waals surface area contributed by atoms with Crippen LogP contribution in [0.3, 0.4) is 0 Å². The van der Waals surface area contributed by atoms with Gasteiger partial charge in [0.25, 0.3) is 0 Å². The SMILES string of the molecule is O=C(O)CN(CCN(CC(=O)O)CC(=O)Nc1cccc(-c2cccc(-c3ccccn3)n2)n1)CCN(CC(=O)O)CC(=O)Nc1cccc(-c2cccc(-c3ccccn3)n2)n1. The van der Waals surface area contributed by atoms with E-state index in [2.05, 4.69) is 40.5 Å². The van der Waals surface area contributed by atoms with Gasteiger partial charge >= 0.3 is 17.9 Å². The van der Waals surface area contributed by atoms with Gasteiger partial charge in [-0.05, 0) is 72.8 Å². The molecule has 0 saturated heterocycles. The molecule has 5 N–H and O–H groups in total. The van der Waals surface area contributed by atoms with Crippen molar-refractivity contribution in [3.63, 3.8) is 0 Å². The lowest BCUT2D eigenvalue weighted by Crippen LogP contribution is -2.46. The first-order valence-corrected chi connectivity index (χ1v) is 19.6. The van der Waals surface area contributed by atoms with Crippen molar-refractivity contribution < 1.29 is 39.3 Å². The van der Waals surface area contributed by atoms with Crippen LogP contribution in [0.2, 0.25) is 0 Å². The molecule has 0 fully saturated rings. The first-order chi connectivity index (χ1) is 30.5. The zero-order valence-electron chi connectivity index (χ0n) is 33.8. The molecular formula is C44H43N11O8. The van der Waals surface area contributed by atoms with E-state index in [0.29, 0.717) is 45.6 Å². The predicted octanol–water partition coefficient (Wildman–Crippen LogP) is 3.46. The number of carbonyl (C=O) groups excluding carboxylic acids is 2. The van der Waals surface area contributed by atoms with E-state index in [-0.39, 0.29) is 50.9 Å². The fourth-order valence-electron chi connectivity index (χ4n) is 6.37. The van der Waals surface area contributed by atoms with Gasteiger partial charge in [0.1, 0.15) is 11.6 Å². The van der Waals surface area contributed by atoms with Crippen LogP contribution in [-0.2, 0) is 24.0 Å². The van der Waals surface area contributed by atoms with E-state index in [1.165, 1.54) is 14.7 Å². The highest BCUT2D eigenvalue weighted by molar-refractivity contribution is 5.92. The molecule has 0 aliphatic heterocycles. The predicted molar refractivity (Wildman–Crippen MR) is 231 cm³/mol. The number of nitrogens with one attached hydrogen (secondary N) is 2. The van der Waals surface area contributed by atoms with Crippen molar-refractivity contribution in [2.45, 2.75) is 0 Å². The van der Waals surface area contributed by atoms with Crippen LogP contribution in [0.25, 0.3) is 45.6 Å². The maximum absolute atomic E-state index is 13.2. The minimum atomic E-state index is -1.21. The molecule has 6 heterocycles. The molecule has 63 heavy (non-hydrogen) atoms. The number of nitrogens with zero attached hydrogens (tertiary/aromatic N) is 9. The standard InChI is InChI=1S/C44H43N11O8/c56-40(51-38-17-7-15-36(49-38)34-13-5-11-32(47-34)30-9-1-3-19-45-30)25-54(28-43(60)61)23-21-53(27-42(58)59)22-24-55(29-44(62)63)26-41(57)52-39-18-8-16-37(50-39)35-14-6-12-33(48-35)31-10-2-4-20-46-31/h1-20H,21-29H2,(H,58,59)(H,60,61)(H,62,63)(H,49,51,56)(H,50,52,57). The molecule has 0 spiro atoms. The van der Waals surface area contributed by atoms with Crippen molar-refractivity contribution in [3.8, 4) is 45.6 Å². The summed E-state index contributed by atoms with van der Waals surface area (Å²) in [5.74, 6) is -4.31. The Morgan fingerprint density at radius 1 is 0.381 bits per heavy atom. The molecular weight excluding hydrogens is 811 g/mol. The Bertz CT molecular complexity index is 2370. The molecule has 0 aliphatic carbocycles. The number of pyridine rings is 6. The molecule has 19 nitrogen and oxygen atoms in total. The average Bonchev–Trinajstić information content (AvgIpc) is 3.27. The summed E-state index contributed by atoms with van der Waals surface area (Å²) in [6, 6.07) is 31.8. The van der Waals surface area contributed by atoms with Crippen LogP contribution in [0, 0.1) is 0 Å². The summed E-state index contributed by atoms with van der Waals surface area (Å²) < 4.78 is 0. The van der Waals surface area contributed by atoms with Gasteiger partial charge in [0, 0.05) is 38.6 Å². The van der Waals surface area contributed by atoms with Crippen LogP contribution in [-0.4, -0.2) is 149 Å². The van der Waals surface area contributed by atoms with E-state index in [4.69, 9.17) is 0 Å². The number of aromatic nitrogens is 6. The fraction of sp³-hybridized carbons (Fsp3) is 0.205. The molecule has 0 radical (unpaired) electrons. The zero-order valence-corrected chi connectivity index (χ0v) is 33.8. The van der Waals surface area contributed by atoms with Gasteiger partial charge in [0.05, 0.1) is 78.3 Å². The van der Waals surface area contributed by atoms with Gasteiger partial charge in [-0.1, -0.05) is 36.4 Å². The third kappa shape index (κ3) is 14.1. The second-order valence-corrected chi connectivity index (χ2v) is 14.0. The number of anilines is 2. The number of hydrogen-bond acceptors (Lipinski definition) is 14. The Kier molecular flexibility index (Phi) is 15.7. The lowest BCUT2D eigenvalue weighted by atomic mass is 10.2. The van der Waals surface area contributed by atoms with E-state index in [9.17, 15) is 39.3 Å². The van der Waals surface area contributed by atoms with Gasteiger partial charge in [-0.2, -0.15) is 0 Å². The van der Waals surface area contributed by atoms with E-state index in [0.717, 1.165) is 0 Å². The topological polar surface area (TPSA) is 257 Å². The highest BCUT2D eigenvalue weighted by Crippen LogP contribution is 2.23. The smallest absolute Gasteiger partial charge is 0.317 e. The number of aliphatic carboxylic acids is 3. The molecule has 0 unspecified atom stereocenters. The first-order valence-electron chi connectivity index (χ1n) is 19.6. The summed E-state index contributed by atoms with van der Waals surface area (Å²) in [7, 11) is 0. The third-order valence-electron chi connectivity index (χ3n) is 9.19. The summed E-state index contributed by atoms with van der Waals surface area (Å²) >= 11 is 0. The third-order valence-corrected chi connectivity index (χ3v) is 9.19. The Labute approximate surface area is 361 Å². The molecule has 0 aromatic carbocycles. The number of carboxylic acids is 3. The van der Waals surface area contributed by atoms with Gasteiger partial charge in [-0.3, -0.25) is 48.6 Å². The second kappa shape index (κ2) is 22.1. The summed E-state index contributed by atoms with van der Waals surface area (Å²) in [6.07, 6.45) is 3.33. The number of carboxylic acid groups (broad SMARTS) is 3. The normalized spacial score (nSPS) is 11.1. The quantitative estimate of drug-likeness (QED) is 0.0655. The van der Waals surface area contributed by atoms with Gasteiger partial charge in [0.2, 0.25) is 11.8 Å². The second-order valence-electron chi connectivity index (χ2n) is 14.0. The van der Waals surface area contributed by atoms with Gasteiger partial charge in [-0.15, -0.1) is 0 Å². The van der Waals surface area contributed by atoms with Crippen LogP contribution in [0.5, 0.6) is 0 Å². The minimum Gasteiger partial charge on any atom is -0.480 e. The highest BCUT2D eigenvalue weighted by atomic mass is 16.4. The van der Waals surface area contributed by atoms with Crippen molar-refractivity contribution in [3.05, 3.63) is 122 Å². The van der Waals surface area contributed by atoms with E-state index in [1.807, 2.05) is 48.5 Å². The van der Waals surface area contributed by atoms with E-state index in [1.54, 1.807) is 73.1 Å². The highest BCUT2D eigenvalue weighted by Gasteiger charge is 2.21. The van der Waals surface area contributed by atoms with Crippen LogP contribution in [0.15, 0.2) is 122 Å². The van der Waals surface area contributed by atoms with Crippen LogP contribution in [0.1, 0.15) is 0 Å². The molecule has 6 rings (SSSR count). The maximum Gasteiger partial charge on any atom is 0.317 e. The number of rotatable bonds is 22. The zero-order chi connectivity index (χ0) is 44.6. The van der Waals surface area contributed by atoms with Crippen molar-refractivity contribution in [2.75, 3.05) is 69.5 Å². The Morgan fingerprint density at radius 3 is 1.06 bits per heavy atom. The summed E-state index contributed by atoms with van der Waals surface area (Å²) in [4.78, 5) is 93.0. The Balaban J connectivity index is 1.04. The lowest BCUT2D eigenvalue weighted by molar-refractivity contribution is -0.140. The van der Waals surface area contributed by atoms with Crippen LogP contribution in [0.4, 0.5) is 11.6 Å². The average molecular weight is 854 g/mol. The van der Waals surface area contributed by atoms with Crippen LogP contribution < -0.4 is 10.6 Å². The fourth-order valence-corrected chi connectivity index (χ4v) is 6.37. The molecule has 19 heteroatoms. The Morgan fingerprint density at radius 2 is 0.698 bits per heavy atom. The summed E-state index contributed by atoms with van der Waals surface area (Å²) in [5.41, 5.74) is 4.68. The van der Waals surface area contributed by atoms with Gasteiger partial charge in [-0.25, -0.2) is 19.9 Å². The molecule has 6 aromatic heterocycles. The van der Waals surface area contributed by atoms with Crippen molar-refractivity contribution in [2.24, 2.45) is 0 Å². The molecule has 2 amide bonds. The van der Waals surface area contributed by atoms with Gasteiger partial charge < -0.3 is 26.0 Å². The van der Waals surface area contributed by atoms with Crippen molar-refractivity contribution >= 4 is 41.4 Å². The monoisotopic (exact) mass is 853 g/mol. The molecule has 6 aromatic rings.